The van der Waals surface area contributed by atoms with E-state index in [4.69, 9.17) is 14.6 Å². The molecule has 0 atom stereocenters. The van der Waals surface area contributed by atoms with Crippen molar-refractivity contribution in [1.29, 1.82) is 0 Å². The number of aliphatic hydroxyl groups excluding tert-OH is 1. The zero-order valence-electron chi connectivity index (χ0n) is 8.21. The van der Waals surface area contributed by atoms with Gasteiger partial charge in [-0.2, -0.15) is 0 Å². The molecule has 78 valence electrons. The molecule has 0 saturated carbocycles. The van der Waals surface area contributed by atoms with E-state index in [1.54, 1.807) is 6.07 Å². The monoisotopic (exact) mass is 200 g/mol. The third-order valence-corrected chi connectivity index (χ3v) is 1.92. The summed E-state index contributed by atoms with van der Waals surface area (Å²) in [5.41, 5.74) is 0.392. The molecule has 3 nitrogen and oxygen atoms in total. The minimum absolute atomic E-state index is 0.104. The van der Waals surface area contributed by atoms with Crippen LogP contribution in [-0.2, 0) is 6.42 Å². The Morgan fingerprint density at radius 3 is 2.50 bits per heavy atom. The van der Waals surface area contributed by atoms with Gasteiger partial charge in [-0.3, -0.25) is 0 Å². The number of halogens is 1. The first-order valence-corrected chi connectivity index (χ1v) is 4.24. The van der Waals surface area contributed by atoms with Crippen molar-refractivity contribution in [2.45, 2.75) is 6.42 Å². The molecule has 0 heterocycles. The Hall–Kier alpha value is -1.29. The molecule has 0 fully saturated rings. The lowest BCUT2D eigenvalue weighted by atomic mass is 10.1. The van der Waals surface area contributed by atoms with Gasteiger partial charge >= 0.3 is 0 Å². The fourth-order valence-electron chi connectivity index (χ4n) is 1.20. The Kier molecular flexibility index (Phi) is 3.71. The molecule has 0 unspecified atom stereocenters. The second-order valence-electron chi connectivity index (χ2n) is 2.78. The van der Waals surface area contributed by atoms with Gasteiger partial charge in [-0.1, -0.05) is 0 Å². The largest absolute Gasteiger partial charge is 0.497 e. The minimum Gasteiger partial charge on any atom is -0.497 e. The van der Waals surface area contributed by atoms with Gasteiger partial charge < -0.3 is 14.6 Å². The van der Waals surface area contributed by atoms with Crippen molar-refractivity contribution in [3.05, 3.63) is 23.5 Å². The summed E-state index contributed by atoms with van der Waals surface area (Å²) in [6.45, 7) is -0.104. The van der Waals surface area contributed by atoms with Gasteiger partial charge in [0.2, 0.25) is 0 Å². The zero-order valence-corrected chi connectivity index (χ0v) is 8.21. The Bertz CT molecular complexity index is 312. The Labute approximate surface area is 82.1 Å². The fraction of sp³-hybridized carbons (Fsp3) is 0.400. The first kappa shape index (κ1) is 10.8. The van der Waals surface area contributed by atoms with Crippen molar-refractivity contribution < 1.29 is 19.0 Å². The van der Waals surface area contributed by atoms with E-state index in [-0.39, 0.29) is 18.8 Å². The van der Waals surface area contributed by atoms with Crippen molar-refractivity contribution in [1.82, 2.24) is 0 Å². The highest BCUT2D eigenvalue weighted by molar-refractivity contribution is 5.40. The maximum Gasteiger partial charge on any atom is 0.168 e. The lowest BCUT2D eigenvalue weighted by Crippen LogP contribution is -1.99. The standard InChI is InChI=1S/C10H13FO3/c1-13-8-5-7(3-4-12)10(11)9(6-8)14-2/h5-6,12H,3-4H2,1-2H3. The van der Waals surface area contributed by atoms with E-state index in [0.717, 1.165) is 0 Å². The molecule has 0 aliphatic carbocycles. The molecule has 1 N–H and O–H groups in total. The van der Waals surface area contributed by atoms with Crippen LogP contribution in [0.25, 0.3) is 0 Å². The Morgan fingerprint density at radius 1 is 1.29 bits per heavy atom. The van der Waals surface area contributed by atoms with Gasteiger partial charge in [0, 0.05) is 12.7 Å². The van der Waals surface area contributed by atoms with Crippen LogP contribution in [-0.4, -0.2) is 25.9 Å². The molecule has 1 aromatic rings. The maximum atomic E-state index is 13.5. The molecule has 0 aliphatic rings. The molecule has 0 spiro atoms. The van der Waals surface area contributed by atoms with Gasteiger partial charge in [-0.25, -0.2) is 4.39 Å². The van der Waals surface area contributed by atoms with Crippen molar-refractivity contribution in [3.63, 3.8) is 0 Å². The van der Waals surface area contributed by atoms with E-state index in [0.29, 0.717) is 11.3 Å². The summed E-state index contributed by atoms with van der Waals surface area (Å²) in [5.74, 6) is 0.210. The molecule has 0 saturated heterocycles. The number of benzene rings is 1. The van der Waals surface area contributed by atoms with E-state index >= 15 is 0 Å². The molecule has 4 heteroatoms. The summed E-state index contributed by atoms with van der Waals surface area (Å²) in [7, 11) is 2.88. The number of aliphatic hydroxyl groups is 1. The predicted octanol–water partition coefficient (Wildman–Crippen LogP) is 1.38. The number of rotatable bonds is 4. The van der Waals surface area contributed by atoms with Crippen LogP contribution >= 0.6 is 0 Å². The fourth-order valence-corrected chi connectivity index (χ4v) is 1.20. The molecule has 0 aromatic heterocycles. The lowest BCUT2D eigenvalue weighted by Gasteiger charge is -2.09. The summed E-state index contributed by atoms with van der Waals surface area (Å²) in [6.07, 6.45) is 0.249. The van der Waals surface area contributed by atoms with Crippen LogP contribution in [0.1, 0.15) is 5.56 Å². The third kappa shape index (κ3) is 2.14. The van der Waals surface area contributed by atoms with Gasteiger partial charge in [0.05, 0.1) is 14.2 Å². The maximum absolute atomic E-state index is 13.5. The van der Waals surface area contributed by atoms with Crippen LogP contribution in [0.3, 0.4) is 0 Å². The lowest BCUT2D eigenvalue weighted by molar-refractivity contribution is 0.296. The van der Waals surface area contributed by atoms with Crippen molar-refractivity contribution in [2.75, 3.05) is 20.8 Å². The highest BCUT2D eigenvalue weighted by atomic mass is 19.1. The molecule has 0 bridgehead atoms. The van der Waals surface area contributed by atoms with Crippen molar-refractivity contribution in [3.8, 4) is 11.5 Å². The summed E-state index contributed by atoms with van der Waals surface area (Å²) in [5, 5.41) is 8.72. The summed E-state index contributed by atoms with van der Waals surface area (Å²) < 4.78 is 23.3. The third-order valence-electron chi connectivity index (χ3n) is 1.92. The van der Waals surface area contributed by atoms with Gasteiger partial charge in [0.15, 0.2) is 11.6 Å². The second-order valence-corrected chi connectivity index (χ2v) is 2.78. The van der Waals surface area contributed by atoms with Gasteiger partial charge in [-0.15, -0.1) is 0 Å². The molecule has 1 rings (SSSR count). The van der Waals surface area contributed by atoms with E-state index in [1.807, 2.05) is 0 Å². The highest BCUT2D eigenvalue weighted by Crippen LogP contribution is 2.27. The smallest absolute Gasteiger partial charge is 0.168 e. The van der Waals surface area contributed by atoms with E-state index < -0.39 is 5.82 Å². The zero-order chi connectivity index (χ0) is 10.6. The van der Waals surface area contributed by atoms with E-state index in [2.05, 4.69) is 0 Å². The molecule has 1 aromatic carbocycles. The van der Waals surface area contributed by atoms with Crippen LogP contribution < -0.4 is 9.47 Å². The van der Waals surface area contributed by atoms with Gasteiger partial charge in [0.25, 0.3) is 0 Å². The van der Waals surface area contributed by atoms with Crippen molar-refractivity contribution >= 4 is 0 Å². The summed E-state index contributed by atoms with van der Waals surface area (Å²) in [4.78, 5) is 0. The topological polar surface area (TPSA) is 38.7 Å². The normalized spacial score (nSPS) is 10.0. The molecular formula is C10H13FO3. The van der Waals surface area contributed by atoms with E-state index in [9.17, 15) is 4.39 Å². The van der Waals surface area contributed by atoms with Crippen LogP contribution in [0.15, 0.2) is 12.1 Å². The average molecular weight is 200 g/mol. The number of methoxy groups -OCH3 is 2. The predicted molar refractivity (Wildman–Crippen MR) is 50.3 cm³/mol. The highest BCUT2D eigenvalue weighted by Gasteiger charge is 2.11. The number of hydrogen-bond acceptors (Lipinski definition) is 3. The van der Waals surface area contributed by atoms with E-state index in [1.165, 1.54) is 20.3 Å². The molecule has 0 amide bonds. The quantitative estimate of drug-likeness (QED) is 0.798. The number of hydrogen-bond donors (Lipinski definition) is 1. The summed E-state index contributed by atoms with van der Waals surface area (Å²) in [6, 6.07) is 3.02. The minimum atomic E-state index is -0.442. The van der Waals surface area contributed by atoms with Crippen LogP contribution in [0.5, 0.6) is 11.5 Å². The molecule has 0 radical (unpaired) electrons. The molecular weight excluding hydrogens is 187 g/mol. The van der Waals surface area contributed by atoms with Gasteiger partial charge in [0.1, 0.15) is 5.75 Å². The average Bonchev–Trinajstić information content (AvgIpc) is 2.21. The van der Waals surface area contributed by atoms with Crippen LogP contribution in [0.4, 0.5) is 4.39 Å². The van der Waals surface area contributed by atoms with Gasteiger partial charge in [-0.05, 0) is 18.1 Å². The van der Waals surface area contributed by atoms with Crippen LogP contribution in [0.2, 0.25) is 0 Å². The Balaban J connectivity index is 3.12. The molecule has 14 heavy (non-hydrogen) atoms. The Morgan fingerprint density at radius 2 is 2.00 bits per heavy atom. The first-order valence-electron chi connectivity index (χ1n) is 4.24. The summed E-state index contributed by atoms with van der Waals surface area (Å²) >= 11 is 0. The SMILES string of the molecule is COc1cc(CCO)c(F)c(OC)c1. The van der Waals surface area contributed by atoms with Crippen LogP contribution in [0, 0.1) is 5.82 Å². The molecule has 0 aliphatic heterocycles. The second kappa shape index (κ2) is 4.81. The number of ether oxygens (including phenoxy) is 2. The van der Waals surface area contributed by atoms with Crippen molar-refractivity contribution in [2.24, 2.45) is 0 Å². The first-order chi connectivity index (χ1) is 6.72.